The third kappa shape index (κ3) is 2.57. The van der Waals surface area contributed by atoms with Crippen LogP contribution >= 0.6 is 11.8 Å². The molecule has 2 N–H and O–H groups in total. The molecule has 3 aromatic rings. The molecule has 1 aromatic heterocycles. The van der Waals surface area contributed by atoms with Crippen LogP contribution in [-0.2, 0) is 0 Å². The van der Waals surface area contributed by atoms with E-state index in [-0.39, 0.29) is 10.6 Å². The van der Waals surface area contributed by atoms with Gasteiger partial charge in [0.2, 0.25) is 0 Å². The molecule has 0 unspecified atom stereocenters. The number of benzene rings is 2. The molecule has 0 fully saturated rings. The fourth-order valence-electron chi connectivity index (χ4n) is 2.21. The molecule has 0 saturated heterocycles. The van der Waals surface area contributed by atoms with E-state index in [2.05, 4.69) is 10.3 Å². The molecule has 5 nitrogen and oxygen atoms in total. The van der Waals surface area contributed by atoms with Gasteiger partial charge in [-0.1, -0.05) is 36.0 Å². The van der Waals surface area contributed by atoms with Gasteiger partial charge in [0.25, 0.3) is 0 Å². The maximum Gasteiger partial charge on any atom is 0.306 e. The predicted molar refractivity (Wildman–Crippen MR) is 85.1 cm³/mol. The minimum atomic E-state index is -0.350. The van der Waals surface area contributed by atoms with Gasteiger partial charge in [-0.25, -0.2) is 0 Å². The van der Waals surface area contributed by atoms with Gasteiger partial charge in [-0.3, -0.25) is 10.1 Å². The highest BCUT2D eigenvalue weighted by atomic mass is 32.2. The van der Waals surface area contributed by atoms with Crippen LogP contribution in [0.2, 0.25) is 0 Å². The van der Waals surface area contributed by atoms with Gasteiger partial charge in [0, 0.05) is 18.0 Å². The quantitative estimate of drug-likeness (QED) is 0.557. The van der Waals surface area contributed by atoms with Gasteiger partial charge in [0.15, 0.2) is 0 Å². The summed E-state index contributed by atoms with van der Waals surface area (Å²) in [5, 5.41) is 16.1. The van der Waals surface area contributed by atoms with Crippen molar-refractivity contribution in [2.75, 3.05) is 12.4 Å². The van der Waals surface area contributed by atoms with Crippen molar-refractivity contribution in [3.8, 4) is 0 Å². The highest BCUT2D eigenvalue weighted by Crippen LogP contribution is 2.39. The third-order valence-corrected chi connectivity index (χ3v) is 4.17. The van der Waals surface area contributed by atoms with Crippen molar-refractivity contribution in [3.05, 3.63) is 58.6 Å². The lowest BCUT2D eigenvalue weighted by atomic mass is 10.2. The van der Waals surface area contributed by atoms with Crippen molar-refractivity contribution < 1.29 is 4.92 Å². The molecule has 6 heteroatoms. The number of nitrogens with one attached hydrogen (secondary N) is 2. The van der Waals surface area contributed by atoms with Gasteiger partial charge in [0.05, 0.1) is 14.8 Å². The number of hydrogen-bond acceptors (Lipinski definition) is 4. The van der Waals surface area contributed by atoms with Gasteiger partial charge in [-0.05, 0) is 24.3 Å². The monoisotopic (exact) mass is 299 g/mol. The van der Waals surface area contributed by atoms with Gasteiger partial charge >= 0.3 is 5.69 Å². The first-order valence-corrected chi connectivity index (χ1v) is 7.21. The number of fused-ring (bicyclic) bond motifs is 1. The maximum absolute atomic E-state index is 11.3. The second-order valence-corrected chi connectivity index (χ2v) is 5.57. The molecule has 1 heterocycles. The summed E-state index contributed by atoms with van der Waals surface area (Å²) in [5.41, 5.74) is 1.64. The van der Waals surface area contributed by atoms with Crippen molar-refractivity contribution in [3.63, 3.8) is 0 Å². The number of rotatable bonds is 4. The Bertz CT molecular complexity index is 781. The van der Waals surface area contributed by atoms with E-state index in [1.165, 1.54) is 11.8 Å². The summed E-state index contributed by atoms with van der Waals surface area (Å²) in [6, 6.07) is 15.2. The fraction of sp³-hybridized carbons (Fsp3) is 0.0667. The van der Waals surface area contributed by atoms with Crippen LogP contribution in [-0.4, -0.2) is 17.0 Å². The Hall–Kier alpha value is -2.47. The van der Waals surface area contributed by atoms with Crippen LogP contribution in [0, 0.1) is 10.1 Å². The lowest BCUT2D eigenvalue weighted by Crippen LogP contribution is -1.98. The van der Waals surface area contributed by atoms with Crippen molar-refractivity contribution in [2.24, 2.45) is 0 Å². The number of H-pyrrole nitrogens is 1. The Balaban J connectivity index is 2.03. The van der Waals surface area contributed by atoms with E-state index in [1.807, 2.05) is 36.4 Å². The molecule has 0 aliphatic carbocycles. The fourth-order valence-corrected chi connectivity index (χ4v) is 3.23. The van der Waals surface area contributed by atoms with Crippen LogP contribution in [0.4, 0.5) is 11.4 Å². The smallest absolute Gasteiger partial charge is 0.306 e. The number of hydrogen-bond donors (Lipinski definition) is 2. The normalized spacial score (nSPS) is 10.7. The summed E-state index contributed by atoms with van der Waals surface area (Å²) in [6.45, 7) is 0. The van der Waals surface area contributed by atoms with Crippen molar-refractivity contribution in [1.29, 1.82) is 0 Å². The van der Waals surface area contributed by atoms with Gasteiger partial charge in [-0.2, -0.15) is 0 Å². The molecule has 0 aliphatic heterocycles. The first kappa shape index (κ1) is 13.5. The maximum atomic E-state index is 11.3. The van der Waals surface area contributed by atoms with Crippen molar-refractivity contribution >= 4 is 34.0 Å². The van der Waals surface area contributed by atoms with Crippen LogP contribution < -0.4 is 5.32 Å². The minimum absolute atomic E-state index is 0.101. The predicted octanol–water partition coefficient (Wildman–Crippen LogP) is 4.27. The van der Waals surface area contributed by atoms with E-state index < -0.39 is 0 Å². The van der Waals surface area contributed by atoms with Crippen LogP contribution in [0.1, 0.15) is 0 Å². The third-order valence-electron chi connectivity index (χ3n) is 3.18. The molecule has 0 radical (unpaired) electrons. The average Bonchev–Trinajstić information content (AvgIpc) is 2.88. The van der Waals surface area contributed by atoms with Crippen LogP contribution in [0.5, 0.6) is 0 Å². The molecule has 0 saturated carbocycles. The zero-order valence-corrected chi connectivity index (χ0v) is 12.1. The molecule has 3 rings (SSSR count). The summed E-state index contributed by atoms with van der Waals surface area (Å²) < 4.78 is 0. The highest BCUT2D eigenvalue weighted by molar-refractivity contribution is 7.99. The van der Waals surface area contributed by atoms with Gasteiger partial charge in [-0.15, -0.1) is 0 Å². The first-order valence-electron chi connectivity index (χ1n) is 6.40. The Morgan fingerprint density at radius 3 is 2.71 bits per heavy atom. The lowest BCUT2D eigenvalue weighted by molar-refractivity contribution is -0.386. The molecule has 106 valence electrons. The standard InChI is InChI=1S/C15H13N3O2S/c1-16-12-7-4-8-13(15(12)18(19)20)21-14-9-10-5-2-3-6-11(10)17-14/h2-9,16-17H,1H3. The number of nitro groups is 1. The minimum Gasteiger partial charge on any atom is -0.383 e. The summed E-state index contributed by atoms with van der Waals surface area (Å²) in [6.07, 6.45) is 0. The average molecular weight is 299 g/mol. The van der Waals surface area contributed by atoms with Gasteiger partial charge in [0.1, 0.15) is 5.69 Å². The summed E-state index contributed by atoms with van der Waals surface area (Å²) >= 11 is 1.36. The molecule has 21 heavy (non-hydrogen) atoms. The molecule has 0 aliphatic rings. The zero-order valence-electron chi connectivity index (χ0n) is 11.3. The molecular formula is C15H13N3O2S. The highest BCUT2D eigenvalue weighted by Gasteiger charge is 2.20. The van der Waals surface area contributed by atoms with E-state index in [0.717, 1.165) is 15.9 Å². The van der Waals surface area contributed by atoms with Crippen molar-refractivity contribution in [1.82, 2.24) is 4.98 Å². The lowest BCUT2D eigenvalue weighted by Gasteiger charge is -2.06. The largest absolute Gasteiger partial charge is 0.383 e. The number of nitrogens with zero attached hydrogens (tertiary/aromatic N) is 1. The van der Waals surface area contributed by atoms with Crippen LogP contribution in [0.3, 0.4) is 0 Å². The van der Waals surface area contributed by atoms with Gasteiger partial charge < -0.3 is 10.3 Å². The zero-order chi connectivity index (χ0) is 14.8. The van der Waals surface area contributed by atoms with E-state index in [4.69, 9.17) is 0 Å². The van der Waals surface area contributed by atoms with E-state index in [0.29, 0.717) is 10.6 Å². The van der Waals surface area contributed by atoms with Crippen molar-refractivity contribution in [2.45, 2.75) is 9.92 Å². The number of para-hydroxylation sites is 2. The SMILES string of the molecule is CNc1cccc(Sc2cc3ccccc3[nH]2)c1[N+](=O)[O-]. The summed E-state index contributed by atoms with van der Waals surface area (Å²) in [4.78, 5) is 14.8. The van der Waals surface area contributed by atoms with E-state index >= 15 is 0 Å². The number of nitro benzene ring substituents is 1. The van der Waals surface area contributed by atoms with Crippen LogP contribution in [0.25, 0.3) is 10.9 Å². The Morgan fingerprint density at radius 2 is 2.00 bits per heavy atom. The number of aromatic amines is 1. The molecular weight excluding hydrogens is 286 g/mol. The topological polar surface area (TPSA) is 71.0 Å². The summed E-state index contributed by atoms with van der Waals surface area (Å²) in [5.74, 6) is 0. The molecule has 0 amide bonds. The molecule has 0 bridgehead atoms. The van der Waals surface area contributed by atoms with E-state index in [9.17, 15) is 10.1 Å². The Kier molecular flexibility index (Phi) is 3.53. The molecule has 0 atom stereocenters. The van der Waals surface area contributed by atoms with Crippen LogP contribution in [0.15, 0.2) is 58.5 Å². The second kappa shape index (κ2) is 5.49. The molecule has 0 spiro atoms. The number of aromatic nitrogens is 1. The summed E-state index contributed by atoms with van der Waals surface area (Å²) in [7, 11) is 1.68. The second-order valence-electron chi connectivity index (χ2n) is 4.48. The molecule has 2 aromatic carbocycles. The Labute approximate surface area is 125 Å². The Morgan fingerprint density at radius 1 is 1.19 bits per heavy atom. The van der Waals surface area contributed by atoms with E-state index in [1.54, 1.807) is 19.2 Å². The number of anilines is 1. The first-order chi connectivity index (χ1) is 10.2.